The van der Waals surface area contributed by atoms with Crippen molar-refractivity contribution in [1.29, 1.82) is 0 Å². The van der Waals surface area contributed by atoms with E-state index in [1.807, 2.05) is 42.1 Å². The van der Waals surface area contributed by atoms with Crippen molar-refractivity contribution in [3.05, 3.63) is 82.7 Å². The number of nitrogens with zero attached hydrogens (tertiary/aromatic N) is 1. The molecular formula is C28H33NO5. The summed E-state index contributed by atoms with van der Waals surface area (Å²) in [5.74, 6) is 0.897. The molecule has 1 heterocycles. The Kier molecular flexibility index (Phi) is 7.27. The molecule has 0 unspecified atom stereocenters. The van der Waals surface area contributed by atoms with Crippen LogP contribution in [0.1, 0.15) is 40.3 Å². The summed E-state index contributed by atoms with van der Waals surface area (Å²) in [4.78, 5) is 11.1. The molecule has 0 bridgehead atoms. The summed E-state index contributed by atoms with van der Waals surface area (Å²) in [5, 5.41) is 20.7. The van der Waals surface area contributed by atoms with Gasteiger partial charge in [-0.2, -0.15) is 0 Å². The van der Waals surface area contributed by atoms with Crippen LogP contribution in [0.2, 0.25) is 0 Å². The summed E-state index contributed by atoms with van der Waals surface area (Å²) >= 11 is 0. The smallest absolute Gasteiger partial charge is 0.307 e. The average molecular weight is 464 g/mol. The number of carboxylic acids is 1. The molecule has 0 saturated heterocycles. The fourth-order valence-corrected chi connectivity index (χ4v) is 5.25. The first kappa shape index (κ1) is 23.9. The van der Waals surface area contributed by atoms with E-state index in [4.69, 9.17) is 14.6 Å². The molecule has 2 atom stereocenters. The zero-order valence-electron chi connectivity index (χ0n) is 20.0. The minimum Gasteiger partial charge on any atom is -0.496 e. The highest BCUT2D eigenvalue weighted by Gasteiger charge is 2.30. The Labute approximate surface area is 200 Å². The van der Waals surface area contributed by atoms with E-state index in [2.05, 4.69) is 24.3 Å². The minimum absolute atomic E-state index is 0.00941. The maximum Gasteiger partial charge on any atom is 0.307 e. The molecule has 0 aliphatic heterocycles. The standard InChI is InChI=1S/C28H33NO5/c1-18-25(33-2)14-23(15-26(18)34-3)28(32)24(17-29-9-8-19(16-29)13-27(30)31)12-20-10-21-6-4-5-7-22(21)11-20/h4-9,14-16,20,24,28,32H,10-13,17H2,1-3H3,(H,30,31)/t24-,28-/m0/s1. The van der Waals surface area contributed by atoms with E-state index in [1.54, 1.807) is 14.2 Å². The van der Waals surface area contributed by atoms with Crippen molar-refractivity contribution in [2.75, 3.05) is 14.2 Å². The molecule has 0 saturated carbocycles. The quantitative estimate of drug-likeness (QED) is 0.459. The molecule has 0 fully saturated rings. The Morgan fingerprint density at radius 2 is 1.71 bits per heavy atom. The zero-order chi connectivity index (χ0) is 24.2. The van der Waals surface area contributed by atoms with Gasteiger partial charge in [0, 0.05) is 30.4 Å². The van der Waals surface area contributed by atoms with Crippen LogP contribution in [0, 0.1) is 18.8 Å². The van der Waals surface area contributed by atoms with Gasteiger partial charge in [-0.05, 0) is 72.6 Å². The van der Waals surface area contributed by atoms with Gasteiger partial charge < -0.3 is 24.3 Å². The van der Waals surface area contributed by atoms with E-state index < -0.39 is 12.1 Å². The number of hydrogen-bond acceptors (Lipinski definition) is 4. The van der Waals surface area contributed by atoms with E-state index in [0.29, 0.717) is 24.0 Å². The molecular weight excluding hydrogens is 430 g/mol. The number of aromatic nitrogens is 1. The highest BCUT2D eigenvalue weighted by molar-refractivity contribution is 5.70. The Bertz CT molecular complexity index is 1100. The SMILES string of the molecule is COc1cc([C@H](O)[C@@H](CC2Cc3ccccc3C2)Cn2ccc(CC(=O)O)c2)cc(OC)c1C. The van der Waals surface area contributed by atoms with Crippen molar-refractivity contribution >= 4 is 5.97 Å². The van der Waals surface area contributed by atoms with Gasteiger partial charge in [0.25, 0.3) is 0 Å². The number of carbonyl (C=O) groups is 1. The second kappa shape index (κ2) is 10.3. The summed E-state index contributed by atoms with van der Waals surface area (Å²) in [6.07, 6.45) is 5.90. The van der Waals surface area contributed by atoms with E-state index >= 15 is 0 Å². The van der Waals surface area contributed by atoms with Crippen molar-refractivity contribution in [2.24, 2.45) is 11.8 Å². The lowest BCUT2D eigenvalue weighted by molar-refractivity contribution is -0.136. The van der Waals surface area contributed by atoms with Crippen molar-refractivity contribution in [2.45, 2.75) is 45.3 Å². The van der Waals surface area contributed by atoms with Crippen LogP contribution in [-0.4, -0.2) is 35.0 Å². The van der Waals surface area contributed by atoms with Gasteiger partial charge in [0.2, 0.25) is 0 Å². The summed E-state index contributed by atoms with van der Waals surface area (Å²) in [6.45, 7) is 2.52. The van der Waals surface area contributed by atoms with Crippen molar-refractivity contribution in [3.8, 4) is 11.5 Å². The monoisotopic (exact) mass is 463 g/mol. The largest absolute Gasteiger partial charge is 0.496 e. The van der Waals surface area contributed by atoms with Crippen molar-refractivity contribution < 1.29 is 24.5 Å². The second-order valence-electron chi connectivity index (χ2n) is 9.32. The van der Waals surface area contributed by atoms with Crippen LogP contribution in [0.15, 0.2) is 54.9 Å². The van der Waals surface area contributed by atoms with Crippen LogP contribution >= 0.6 is 0 Å². The molecule has 3 aromatic rings. The first-order valence-electron chi connectivity index (χ1n) is 11.7. The van der Waals surface area contributed by atoms with Gasteiger partial charge in [0.1, 0.15) is 11.5 Å². The number of aliphatic carboxylic acids is 1. The lowest BCUT2D eigenvalue weighted by Crippen LogP contribution is -2.22. The molecule has 0 spiro atoms. The molecule has 4 rings (SSSR count). The fraction of sp³-hybridized carbons (Fsp3) is 0.393. The molecule has 34 heavy (non-hydrogen) atoms. The van der Waals surface area contributed by atoms with Gasteiger partial charge >= 0.3 is 5.97 Å². The normalized spacial score (nSPS) is 15.1. The lowest BCUT2D eigenvalue weighted by atomic mass is 9.85. The van der Waals surface area contributed by atoms with E-state index in [9.17, 15) is 9.90 Å². The molecule has 1 aliphatic rings. The highest BCUT2D eigenvalue weighted by atomic mass is 16.5. The van der Waals surface area contributed by atoms with Gasteiger partial charge in [0.05, 0.1) is 26.7 Å². The number of fused-ring (bicyclic) bond motifs is 1. The number of rotatable bonds is 10. The van der Waals surface area contributed by atoms with Gasteiger partial charge in [-0.15, -0.1) is 0 Å². The zero-order valence-corrected chi connectivity index (χ0v) is 20.0. The Hall–Kier alpha value is -3.25. The van der Waals surface area contributed by atoms with Gasteiger partial charge in [-0.1, -0.05) is 24.3 Å². The molecule has 180 valence electrons. The Balaban J connectivity index is 1.60. The molecule has 2 aromatic carbocycles. The average Bonchev–Trinajstić information content (AvgIpc) is 3.43. The summed E-state index contributed by atoms with van der Waals surface area (Å²) in [7, 11) is 3.24. The minimum atomic E-state index is -0.850. The summed E-state index contributed by atoms with van der Waals surface area (Å²) in [5.41, 5.74) is 5.20. The van der Waals surface area contributed by atoms with Crippen LogP contribution in [0.3, 0.4) is 0 Å². The van der Waals surface area contributed by atoms with Crippen LogP contribution < -0.4 is 9.47 Å². The van der Waals surface area contributed by atoms with Crippen LogP contribution in [0.4, 0.5) is 0 Å². The van der Waals surface area contributed by atoms with Crippen LogP contribution in [-0.2, 0) is 30.6 Å². The number of carboxylic acid groups (broad SMARTS) is 1. The molecule has 1 aromatic heterocycles. The Morgan fingerprint density at radius 3 is 2.26 bits per heavy atom. The number of hydrogen-bond donors (Lipinski definition) is 2. The number of benzene rings is 2. The highest BCUT2D eigenvalue weighted by Crippen LogP contribution is 2.39. The summed E-state index contributed by atoms with van der Waals surface area (Å²) in [6, 6.07) is 14.2. The number of methoxy groups -OCH3 is 2. The topological polar surface area (TPSA) is 80.9 Å². The Morgan fingerprint density at radius 1 is 1.09 bits per heavy atom. The molecule has 6 nitrogen and oxygen atoms in total. The van der Waals surface area contributed by atoms with Gasteiger partial charge in [0.15, 0.2) is 0 Å². The fourth-order valence-electron chi connectivity index (χ4n) is 5.25. The van der Waals surface area contributed by atoms with Crippen LogP contribution in [0.5, 0.6) is 11.5 Å². The van der Waals surface area contributed by atoms with E-state index in [1.165, 1.54) is 11.1 Å². The predicted molar refractivity (Wildman–Crippen MR) is 130 cm³/mol. The molecule has 0 amide bonds. The summed E-state index contributed by atoms with van der Waals surface area (Å²) < 4.78 is 13.1. The third kappa shape index (κ3) is 5.28. The molecule has 6 heteroatoms. The first-order chi connectivity index (χ1) is 16.4. The third-order valence-corrected chi connectivity index (χ3v) is 6.95. The second-order valence-corrected chi connectivity index (χ2v) is 9.32. The number of aliphatic hydroxyl groups excluding tert-OH is 1. The lowest BCUT2D eigenvalue weighted by Gasteiger charge is -2.27. The van der Waals surface area contributed by atoms with Crippen LogP contribution in [0.25, 0.3) is 0 Å². The number of aliphatic hydroxyl groups is 1. The maximum atomic E-state index is 11.6. The van der Waals surface area contributed by atoms with E-state index in [-0.39, 0.29) is 12.3 Å². The van der Waals surface area contributed by atoms with Crippen molar-refractivity contribution in [1.82, 2.24) is 4.57 Å². The molecule has 1 aliphatic carbocycles. The van der Waals surface area contributed by atoms with E-state index in [0.717, 1.165) is 36.0 Å². The van der Waals surface area contributed by atoms with Gasteiger partial charge in [-0.25, -0.2) is 0 Å². The number of ether oxygens (including phenoxy) is 2. The molecule has 2 N–H and O–H groups in total. The predicted octanol–water partition coefficient (Wildman–Crippen LogP) is 4.60. The maximum absolute atomic E-state index is 11.6. The van der Waals surface area contributed by atoms with Gasteiger partial charge in [-0.3, -0.25) is 4.79 Å². The third-order valence-electron chi connectivity index (χ3n) is 6.95. The van der Waals surface area contributed by atoms with Crippen molar-refractivity contribution in [3.63, 3.8) is 0 Å². The molecule has 0 radical (unpaired) electrons. The first-order valence-corrected chi connectivity index (χ1v) is 11.7.